The number of methoxy groups -OCH3 is 1. The molecule has 1 aromatic carbocycles. The first-order chi connectivity index (χ1) is 7.52. The molecule has 0 unspecified atom stereocenters. The van der Waals surface area contributed by atoms with Crippen LogP contribution >= 0.6 is 10.7 Å². The zero-order valence-electron chi connectivity index (χ0n) is 8.34. The number of benzene rings is 1. The lowest BCUT2D eigenvalue weighted by Crippen LogP contribution is -1.95. The van der Waals surface area contributed by atoms with Gasteiger partial charge >= 0.3 is 0 Å². The fourth-order valence-electron chi connectivity index (χ4n) is 1.44. The van der Waals surface area contributed by atoms with E-state index in [1.165, 1.54) is 19.4 Å². The summed E-state index contributed by atoms with van der Waals surface area (Å²) < 4.78 is 27.8. The van der Waals surface area contributed by atoms with Crippen LogP contribution in [0.15, 0.2) is 35.4 Å². The molecule has 0 atom stereocenters. The highest BCUT2D eigenvalue weighted by Crippen LogP contribution is 2.29. The van der Waals surface area contributed by atoms with Gasteiger partial charge < -0.3 is 4.74 Å². The maximum absolute atomic E-state index is 11.4. The molecule has 0 bridgehead atoms. The summed E-state index contributed by atoms with van der Waals surface area (Å²) in [6, 6.07) is 6.52. The molecule has 1 aromatic heterocycles. The number of ether oxygens (including phenoxy) is 1. The average molecular weight is 258 g/mol. The van der Waals surface area contributed by atoms with E-state index in [1.54, 1.807) is 18.2 Å². The molecule has 84 valence electrons. The molecular weight excluding hydrogens is 250 g/mol. The molecule has 0 N–H and O–H groups in total. The van der Waals surface area contributed by atoms with Gasteiger partial charge in [-0.25, -0.2) is 8.42 Å². The maximum Gasteiger partial charge on any atom is 0.263 e. The van der Waals surface area contributed by atoms with Crippen LogP contribution in [0, 0.1) is 0 Å². The molecule has 4 nitrogen and oxygen atoms in total. The van der Waals surface area contributed by atoms with Crippen LogP contribution in [0.2, 0.25) is 0 Å². The van der Waals surface area contributed by atoms with E-state index in [0.29, 0.717) is 16.7 Å². The first-order valence-electron chi connectivity index (χ1n) is 4.40. The molecule has 0 radical (unpaired) electrons. The molecule has 1 heterocycles. The van der Waals surface area contributed by atoms with Gasteiger partial charge in [-0.05, 0) is 12.1 Å². The first kappa shape index (κ1) is 11.2. The Balaban J connectivity index is 2.90. The normalized spacial score (nSPS) is 11.6. The van der Waals surface area contributed by atoms with E-state index < -0.39 is 9.05 Å². The van der Waals surface area contributed by atoms with Crippen LogP contribution in [0.25, 0.3) is 10.9 Å². The van der Waals surface area contributed by atoms with Gasteiger partial charge in [0.15, 0.2) is 0 Å². The zero-order valence-corrected chi connectivity index (χ0v) is 9.92. The molecule has 0 saturated heterocycles. The Morgan fingerprint density at radius 1 is 1.38 bits per heavy atom. The van der Waals surface area contributed by atoms with Crippen LogP contribution in [0.1, 0.15) is 0 Å². The Morgan fingerprint density at radius 3 is 2.75 bits per heavy atom. The van der Waals surface area contributed by atoms with Crippen molar-refractivity contribution in [2.45, 2.75) is 4.90 Å². The van der Waals surface area contributed by atoms with Crippen LogP contribution < -0.4 is 4.74 Å². The smallest absolute Gasteiger partial charge is 0.263 e. The van der Waals surface area contributed by atoms with Gasteiger partial charge in [0.1, 0.15) is 10.6 Å². The van der Waals surface area contributed by atoms with E-state index in [9.17, 15) is 8.42 Å². The van der Waals surface area contributed by atoms with Crippen molar-refractivity contribution >= 4 is 30.6 Å². The number of fused-ring (bicyclic) bond motifs is 1. The van der Waals surface area contributed by atoms with Crippen LogP contribution in [0.4, 0.5) is 0 Å². The number of nitrogens with zero attached hydrogens (tertiary/aromatic N) is 1. The number of hydrogen-bond acceptors (Lipinski definition) is 4. The highest BCUT2D eigenvalue weighted by atomic mass is 35.7. The Hall–Kier alpha value is -1.33. The number of pyridine rings is 1. The number of aromatic nitrogens is 1. The van der Waals surface area contributed by atoms with Gasteiger partial charge in [0.05, 0.1) is 12.6 Å². The molecule has 0 amide bonds. The number of halogens is 1. The van der Waals surface area contributed by atoms with Gasteiger partial charge in [-0.15, -0.1) is 0 Å². The summed E-state index contributed by atoms with van der Waals surface area (Å²) in [4.78, 5) is 3.97. The third-order valence-electron chi connectivity index (χ3n) is 2.14. The Kier molecular flexibility index (Phi) is 2.73. The molecule has 0 aliphatic carbocycles. The number of hydrogen-bond donors (Lipinski definition) is 0. The lowest BCUT2D eigenvalue weighted by atomic mass is 10.2. The molecule has 0 aliphatic rings. The summed E-state index contributed by atoms with van der Waals surface area (Å²) in [7, 11) is 2.97. The van der Waals surface area contributed by atoms with E-state index >= 15 is 0 Å². The summed E-state index contributed by atoms with van der Waals surface area (Å²) in [6.07, 6.45) is 1.51. The summed E-state index contributed by atoms with van der Waals surface area (Å²) in [6.45, 7) is 0. The largest absolute Gasteiger partial charge is 0.497 e. The minimum atomic E-state index is -3.83. The fraction of sp³-hybridized carbons (Fsp3) is 0.100. The highest BCUT2D eigenvalue weighted by Gasteiger charge is 2.16. The molecule has 2 aromatic rings. The van der Waals surface area contributed by atoms with Crippen LogP contribution in [0.3, 0.4) is 0 Å². The molecule has 0 aliphatic heterocycles. The van der Waals surface area contributed by atoms with Crippen molar-refractivity contribution in [3.05, 3.63) is 30.5 Å². The van der Waals surface area contributed by atoms with Crippen LogP contribution in [0.5, 0.6) is 5.75 Å². The molecule has 16 heavy (non-hydrogen) atoms. The molecule has 0 spiro atoms. The standard InChI is InChI=1S/C10H8ClNO3S/c1-15-8-5-7-3-2-4-12-10(7)9(6-8)16(11,13)14/h2-6H,1H3. The van der Waals surface area contributed by atoms with Crippen molar-refractivity contribution in [2.75, 3.05) is 7.11 Å². The second-order valence-corrected chi connectivity index (χ2v) is 5.67. The second-order valence-electron chi connectivity index (χ2n) is 3.14. The van der Waals surface area contributed by atoms with Gasteiger partial charge in [0, 0.05) is 28.3 Å². The van der Waals surface area contributed by atoms with E-state index in [1.807, 2.05) is 0 Å². The Morgan fingerprint density at radius 2 is 2.12 bits per heavy atom. The minimum Gasteiger partial charge on any atom is -0.497 e. The van der Waals surface area contributed by atoms with Gasteiger partial charge in [-0.3, -0.25) is 4.98 Å². The monoisotopic (exact) mass is 257 g/mol. The van der Waals surface area contributed by atoms with Crippen molar-refractivity contribution in [3.8, 4) is 5.75 Å². The summed E-state index contributed by atoms with van der Waals surface area (Å²) in [5.74, 6) is 0.430. The Labute approximate surface area is 97.2 Å². The summed E-state index contributed by atoms with van der Waals surface area (Å²) >= 11 is 0. The van der Waals surface area contributed by atoms with E-state index in [2.05, 4.69) is 4.98 Å². The molecule has 6 heteroatoms. The van der Waals surface area contributed by atoms with E-state index in [-0.39, 0.29) is 4.90 Å². The zero-order chi connectivity index (χ0) is 11.8. The van der Waals surface area contributed by atoms with E-state index in [0.717, 1.165) is 0 Å². The quantitative estimate of drug-likeness (QED) is 0.774. The van der Waals surface area contributed by atoms with Crippen molar-refractivity contribution in [2.24, 2.45) is 0 Å². The lowest BCUT2D eigenvalue weighted by molar-refractivity contribution is 0.414. The van der Waals surface area contributed by atoms with Crippen molar-refractivity contribution in [3.63, 3.8) is 0 Å². The predicted molar refractivity (Wildman–Crippen MR) is 61.3 cm³/mol. The fourth-order valence-corrected chi connectivity index (χ4v) is 2.45. The summed E-state index contributed by atoms with van der Waals surface area (Å²) in [5.41, 5.74) is 0.346. The van der Waals surface area contributed by atoms with Crippen molar-refractivity contribution in [1.29, 1.82) is 0 Å². The molecule has 2 rings (SSSR count). The van der Waals surface area contributed by atoms with Gasteiger partial charge in [-0.2, -0.15) is 0 Å². The third-order valence-corrected chi connectivity index (χ3v) is 3.48. The van der Waals surface area contributed by atoms with Gasteiger partial charge in [-0.1, -0.05) is 6.07 Å². The first-order valence-corrected chi connectivity index (χ1v) is 6.71. The molecule has 0 fully saturated rings. The summed E-state index contributed by atoms with van der Waals surface area (Å²) in [5, 5.41) is 0.668. The Bertz CT molecular complexity index is 640. The van der Waals surface area contributed by atoms with Crippen molar-refractivity contribution < 1.29 is 13.2 Å². The van der Waals surface area contributed by atoms with E-state index in [4.69, 9.17) is 15.4 Å². The lowest BCUT2D eigenvalue weighted by Gasteiger charge is -2.05. The van der Waals surface area contributed by atoms with Crippen LogP contribution in [-0.4, -0.2) is 20.5 Å². The SMILES string of the molecule is COc1cc(S(=O)(=O)Cl)c2ncccc2c1. The van der Waals surface area contributed by atoms with Crippen molar-refractivity contribution in [1.82, 2.24) is 4.98 Å². The third kappa shape index (κ3) is 1.96. The second kappa shape index (κ2) is 3.92. The molecular formula is C10H8ClNO3S. The van der Waals surface area contributed by atoms with Crippen LogP contribution in [-0.2, 0) is 9.05 Å². The average Bonchev–Trinajstić information content (AvgIpc) is 2.26. The van der Waals surface area contributed by atoms with Gasteiger partial charge in [0.25, 0.3) is 9.05 Å². The number of rotatable bonds is 2. The maximum atomic E-state index is 11.4. The van der Waals surface area contributed by atoms with Gasteiger partial charge in [0.2, 0.25) is 0 Å². The minimum absolute atomic E-state index is 0.0379. The topological polar surface area (TPSA) is 56.3 Å². The predicted octanol–water partition coefficient (Wildman–Crippen LogP) is 2.17. The highest BCUT2D eigenvalue weighted by molar-refractivity contribution is 8.14. The molecule has 0 saturated carbocycles.